The van der Waals surface area contributed by atoms with Crippen LogP contribution in [0.4, 0.5) is 5.69 Å². The summed E-state index contributed by atoms with van der Waals surface area (Å²) < 4.78 is 0. The Morgan fingerprint density at radius 3 is 2.33 bits per heavy atom. The molecule has 0 saturated carbocycles. The number of hydrogen-bond acceptors (Lipinski definition) is 2. The first-order chi connectivity index (χ1) is 8.79. The smallest absolute Gasteiger partial charge is 0.255 e. The molecule has 1 aromatic heterocycles. The summed E-state index contributed by atoms with van der Waals surface area (Å²) in [6.45, 7) is -0.122. The molecule has 4 nitrogen and oxygen atoms in total. The number of aromatic nitrogens is 1. The first kappa shape index (κ1) is 12.3. The van der Waals surface area contributed by atoms with E-state index in [4.69, 9.17) is 0 Å². The first-order valence-corrected chi connectivity index (χ1v) is 5.68. The summed E-state index contributed by atoms with van der Waals surface area (Å²) in [6.07, 6.45) is 3.66. The van der Waals surface area contributed by atoms with Gasteiger partial charge in [0.15, 0.2) is 0 Å². The van der Waals surface area contributed by atoms with E-state index in [0.29, 0.717) is 17.7 Å². The Hall–Kier alpha value is -2.20. The van der Waals surface area contributed by atoms with Gasteiger partial charge < -0.3 is 5.32 Å². The fourth-order valence-corrected chi connectivity index (χ4v) is 1.58. The third kappa shape index (κ3) is 3.15. The maximum atomic E-state index is 11.8. The van der Waals surface area contributed by atoms with Crippen LogP contribution in [0, 0.1) is 0 Å². The van der Waals surface area contributed by atoms with E-state index in [1.165, 1.54) is 0 Å². The lowest BCUT2D eigenvalue weighted by Crippen LogP contribution is -2.11. The van der Waals surface area contributed by atoms with E-state index >= 15 is 0 Å². The van der Waals surface area contributed by atoms with Crippen LogP contribution in [0.1, 0.15) is 15.9 Å². The Balaban J connectivity index is 2.03. The molecule has 2 rings (SSSR count). The summed E-state index contributed by atoms with van der Waals surface area (Å²) in [6, 6.07) is 10.6. The van der Waals surface area contributed by atoms with Crippen molar-refractivity contribution in [2.75, 3.05) is 11.9 Å². The molecular formula is C14H13N2O2. The van der Waals surface area contributed by atoms with Crippen LogP contribution in [0.2, 0.25) is 0 Å². The minimum absolute atomic E-state index is 0.122. The van der Waals surface area contributed by atoms with Gasteiger partial charge in [-0.3, -0.25) is 9.78 Å². The number of amides is 1. The number of carbonyl (C=O) groups excluding carboxylic acids is 1. The lowest BCUT2D eigenvalue weighted by atomic mass is 10.1. The highest BCUT2D eigenvalue weighted by Crippen LogP contribution is 2.11. The van der Waals surface area contributed by atoms with Crippen molar-refractivity contribution in [3.63, 3.8) is 0 Å². The molecule has 0 unspecified atom stereocenters. The Bertz CT molecular complexity index is 509. The minimum atomic E-state index is -0.172. The summed E-state index contributed by atoms with van der Waals surface area (Å²) in [5.74, 6) is -0.172. The molecule has 0 saturated heterocycles. The minimum Gasteiger partial charge on any atom is -0.322 e. The fraction of sp³-hybridized carbons (Fsp3) is 0.143. The molecule has 0 atom stereocenters. The predicted molar refractivity (Wildman–Crippen MR) is 67.9 cm³/mol. The van der Waals surface area contributed by atoms with Crippen molar-refractivity contribution in [1.82, 2.24) is 4.98 Å². The van der Waals surface area contributed by atoms with Gasteiger partial charge in [-0.05, 0) is 36.2 Å². The van der Waals surface area contributed by atoms with Crippen molar-refractivity contribution in [2.45, 2.75) is 6.42 Å². The van der Waals surface area contributed by atoms with E-state index in [1.54, 1.807) is 36.7 Å². The van der Waals surface area contributed by atoms with E-state index < -0.39 is 0 Å². The van der Waals surface area contributed by atoms with Crippen LogP contribution in [0.3, 0.4) is 0 Å². The SMILES string of the molecule is [O]CCc1ccc(NC(=O)c2ccncc2)cc1. The average molecular weight is 241 g/mol. The zero-order valence-electron chi connectivity index (χ0n) is 9.80. The highest BCUT2D eigenvalue weighted by molar-refractivity contribution is 6.04. The molecule has 4 heteroatoms. The molecule has 0 bridgehead atoms. The molecule has 0 spiro atoms. The van der Waals surface area contributed by atoms with Gasteiger partial charge in [0.05, 0.1) is 6.61 Å². The summed E-state index contributed by atoms with van der Waals surface area (Å²) in [4.78, 5) is 15.7. The number of benzene rings is 1. The molecule has 1 amide bonds. The number of carbonyl (C=O) groups is 1. The van der Waals surface area contributed by atoms with Crippen LogP contribution in [-0.4, -0.2) is 17.5 Å². The summed E-state index contributed by atoms with van der Waals surface area (Å²) in [5, 5.41) is 13.3. The molecule has 1 radical (unpaired) electrons. The van der Waals surface area contributed by atoms with Crippen molar-refractivity contribution < 1.29 is 9.90 Å². The van der Waals surface area contributed by atoms with Gasteiger partial charge >= 0.3 is 0 Å². The van der Waals surface area contributed by atoms with Crippen LogP contribution in [-0.2, 0) is 11.5 Å². The van der Waals surface area contributed by atoms with Gasteiger partial charge in [-0.2, -0.15) is 0 Å². The highest BCUT2D eigenvalue weighted by Gasteiger charge is 2.04. The standard InChI is InChI=1S/C14H13N2O2/c17-10-7-11-1-3-13(4-2-11)16-14(18)12-5-8-15-9-6-12/h1-6,8-9H,7,10H2,(H,16,18). The third-order valence-electron chi connectivity index (χ3n) is 2.55. The number of rotatable bonds is 4. The number of hydrogen-bond donors (Lipinski definition) is 1. The molecule has 1 heterocycles. The maximum Gasteiger partial charge on any atom is 0.255 e. The number of anilines is 1. The molecule has 1 N–H and O–H groups in total. The zero-order chi connectivity index (χ0) is 12.8. The highest BCUT2D eigenvalue weighted by atomic mass is 16.2. The van der Waals surface area contributed by atoms with E-state index in [-0.39, 0.29) is 12.5 Å². The van der Waals surface area contributed by atoms with Crippen molar-refractivity contribution >= 4 is 11.6 Å². The van der Waals surface area contributed by atoms with Gasteiger partial charge in [-0.25, -0.2) is 5.11 Å². The van der Waals surface area contributed by atoms with Gasteiger partial charge in [-0.15, -0.1) is 0 Å². The first-order valence-electron chi connectivity index (χ1n) is 5.68. The van der Waals surface area contributed by atoms with Crippen molar-refractivity contribution in [3.8, 4) is 0 Å². The third-order valence-corrected chi connectivity index (χ3v) is 2.55. The lowest BCUT2D eigenvalue weighted by Gasteiger charge is -2.05. The largest absolute Gasteiger partial charge is 0.322 e. The second-order valence-corrected chi connectivity index (χ2v) is 3.84. The second kappa shape index (κ2) is 5.93. The normalized spacial score (nSPS) is 10.1. The van der Waals surface area contributed by atoms with Crippen molar-refractivity contribution in [2.24, 2.45) is 0 Å². The summed E-state index contributed by atoms with van der Waals surface area (Å²) in [7, 11) is 0. The lowest BCUT2D eigenvalue weighted by molar-refractivity contribution is 0.102. The van der Waals surface area contributed by atoms with E-state index in [9.17, 15) is 9.90 Å². The molecule has 1 aromatic carbocycles. The molecule has 0 fully saturated rings. The summed E-state index contributed by atoms with van der Waals surface area (Å²) in [5.41, 5.74) is 2.26. The quantitative estimate of drug-likeness (QED) is 0.892. The average Bonchev–Trinajstić information content (AvgIpc) is 2.42. The molecule has 2 aromatic rings. The van der Waals surface area contributed by atoms with Gasteiger partial charge in [0.2, 0.25) is 0 Å². The molecular weight excluding hydrogens is 228 g/mol. The van der Waals surface area contributed by atoms with Gasteiger partial charge in [0.25, 0.3) is 5.91 Å². The molecule has 91 valence electrons. The van der Waals surface area contributed by atoms with Crippen molar-refractivity contribution in [3.05, 3.63) is 59.9 Å². The van der Waals surface area contributed by atoms with Gasteiger partial charge in [0.1, 0.15) is 0 Å². The van der Waals surface area contributed by atoms with Gasteiger partial charge in [0, 0.05) is 23.6 Å². The van der Waals surface area contributed by atoms with E-state index in [1.807, 2.05) is 12.1 Å². The molecule has 0 aliphatic carbocycles. The van der Waals surface area contributed by atoms with E-state index in [2.05, 4.69) is 10.3 Å². The number of nitrogens with one attached hydrogen (secondary N) is 1. The number of nitrogens with zero attached hydrogens (tertiary/aromatic N) is 1. The Morgan fingerprint density at radius 2 is 1.72 bits per heavy atom. The zero-order valence-corrected chi connectivity index (χ0v) is 9.80. The van der Waals surface area contributed by atoms with Crippen LogP contribution in [0.5, 0.6) is 0 Å². The summed E-state index contributed by atoms with van der Waals surface area (Å²) >= 11 is 0. The molecule has 0 aliphatic rings. The van der Waals surface area contributed by atoms with Crippen LogP contribution in [0.25, 0.3) is 0 Å². The monoisotopic (exact) mass is 241 g/mol. The Morgan fingerprint density at radius 1 is 1.06 bits per heavy atom. The van der Waals surface area contributed by atoms with E-state index in [0.717, 1.165) is 5.56 Å². The Labute approximate surface area is 105 Å². The molecule has 18 heavy (non-hydrogen) atoms. The van der Waals surface area contributed by atoms with Crippen LogP contribution in [0.15, 0.2) is 48.8 Å². The van der Waals surface area contributed by atoms with Crippen LogP contribution >= 0.6 is 0 Å². The second-order valence-electron chi connectivity index (χ2n) is 3.84. The topological polar surface area (TPSA) is 61.9 Å². The predicted octanol–water partition coefficient (Wildman–Crippen LogP) is 2.31. The number of pyridine rings is 1. The van der Waals surface area contributed by atoms with Crippen LogP contribution < -0.4 is 5.32 Å². The van der Waals surface area contributed by atoms with Gasteiger partial charge in [-0.1, -0.05) is 12.1 Å². The fourth-order valence-electron chi connectivity index (χ4n) is 1.58. The van der Waals surface area contributed by atoms with Crippen molar-refractivity contribution in [1.29, 1.82) is 0 Å². The maximum absolute atomic E-state index is 11.8. The molecule has 0 aliphatic heterocycles. The Kier molecular flexibility index (Phi) is 4.04.